The maximum atomic E-state index is 13.1. The molecule has 1 saturated heterocycles. The van der Waals surface area contributed by atoms with E-state index in [1.54, 1.807) is 19.2 Å². The van der Waals surface area contributed by atoms with Gasteiger partial charge in [-0.05, 0) is 62.4 Å². The van der Waals surface area contributed by atoms with Crippen LogP contribution in [0.25, 0.3) is 0 Å². The van der Waals surface area contributed by atoms with Gasteiger partial charge in [-0.25, -0.2) is 13.5 Å². The Kier molecular flexibility index (Phi) is 6.87. The molecule has 8 nitrogen and oxygen atoms in total. The molecule has 0 bridgehead atoms. The lowest BCUT2D eigenvalue weighted by atomic mass is 10.2. The minimum Gasteiger partial charge on any atom is -0.497 e. The number of anilines is 3. The van der Waals surface area contributed by atoms with Crippen molar-refractivity contribution in [3.8, 4) is 11.8 Å². The normalized spacial score (nSPS) is 17.3. The van der Waals surface area contributed by atoms with Gasteiger partial charge in [0.25, 0.3) is 0 Å². The highest BCUT2D eigenvalue weighted by atomic mass is 32.2. The van der Waals surface area contributed by atoms with Crippen LogP contribution in [0.3, 0.4) is 0 Å². The van der Waals surface area contributed by atoms with Gasteiger partial charge in [-0.3, -0.25) is 0 Å². The maximum absolute atomic E-state index is 13.1. The topological polar surface area (TPSA) is 94.4 Å². The highest BCUT2D eigenvalue weighted by Crippen LogP contribution is 2.24. The van der Waals surface area contributed by atoms with Crippen molar-refractivity contribution in [2.75, 3.05) is 37.0 Å². The summed E-state index contributed by atoms with van der Waals surface area (Å²) in [6, 6.07) is 18.7. The third kappa shape index (κ3) is 5.30. The molecule has 0 amide bonds. The van der Waals surface area contributed by atoms with E-state index in [-0.39, 0.29) is 6.04 Å². The lowest BCUT2D eigenvalue weighted by molar-refractivity contribution is 0.357. The molecule has 2 unspecified atom stereocenters. The monoisotopic (exact) mass is 462 g/mol. The number of ether oxygens (including phenoxy) is 1. The molecule has 0 saturated carbocycles. The predicted octanol–water partition coefficient (Wildman–Crippen LogP) is 3.64. The molecule has 1 aliphatic rings. The van der Waals surface area contributed by atoms with E-state index in [0.717, 1.165) is 22.0 Å². The highest BCUT2D eigenvalue weighted by molar-refractivity contribution is 7.82. The summed E-state index contributed by atoms with van der Waals surface area (Å²) in [6.45, 7) is 5.97. The summed E-state index contributed by atoms with van der Waals surface area (Å²) in [6.07, 6.45) is 0. The van der Waals surface area contributed by atoms with E-state index in [1.807, 2.05) is 53.7 Å². The highest BCUT2D eigenvalue weighted by Gasteiger charge is 2.29. The second-order valence-corrected chi connectivity index (χ2v) is 9.35. The summed E-state index contributed by atoms with van der Waals surface area (Å²) < 4.78 is 20.2. The first-order valence-electron chi connectivity index (χ1n) is 10.7. The lowest BCUT2D eigenvalue weighted by Crippen LogP contribution is -2.52. The molecule has 0 radical (unpaired) electrons. The molecule has 3 aromatic rings. The molecule has 33 heavy (non-hydrogen) atoms. The van der Waals surface area contributed by atoms with Crippen molar-refractivity contribution < 1.29 is 8.95 Å². The number of methoxy groups -OCH3 is 1. The number of nitrogens with one attached hydrogen (secondary N) is 1. The van der Waals surface area contributed by atoms with Gasteiger partial charge < -0.3 is 15.0 Å². The predicted molar refractivity (Wildman–Crippen MR) is 129 cm³/mol. The number of aromatic nitrogens is 2. The molecule has 1 N–H and O–H groups in total. The fourth-order valence-electron chi connectivity index (χ4n) is 3.73. The van der Waals surface area contributed by atoms with Gasteiger partial charge in [0.05, 0.1) is 23.6 Å². The summed E-state index contributed by atoms with van der Waals surface area (Å²) >= 11 is 0. The molecule has 2 heterocycles. The van der Waals surface area contributed by atoms with Gasteiger partial charge in [0, 0.05) is 43.1 Å². The average molecular weight is 463 g/mol. The molecule has 1 fully saturated rings. The molecule has 0 aliphatic carbocycles. The van der Waals surface area contributed by atoms with Crippen LogP contribution in [0.2, 0.25) is 0 Å². The first kappa shape index (κ1) is 22.7. The van der Waals surface area contributed by atoms with Crippen LogP contribution < -0.4 is 15.0 Å². The van der Waals surface area contributed by atoms with E-state index in [1.165, 1.54) is 0 Å². The minimum absolute atomic E-state index is 0.0884. The number of nitrogens with zero attached hydrogens (tertiary/aromatic N) is 5. The Morgan fingerprint density at radius 3 is 2.48 bits per heavy atom. The van der Waals surface area contributed by atoms with Gasteiger partial charge in [0.15, 0.2) is 0 Å². The Bertz CT molecular complexity index is 1180. The fourth-order valence-corrected chi connectivity index (χ4v) is 5.00. The molecular formula is C24H26N6O2S. The maximum Gasteiger partial charge on any atom is 0.227 e. The summed E-state index contributed by atoms with van der Waals surface area (Å²) in [5, 5.41) is 12.3. The van der Waals surface area contributed by atoms with Crippen LogP contribution in [-0.4, -0.2) is 51.3 Å². The summed E-state index contributed by atoms with van der Waals surface area (Å²) in [4.78, 5) is 12.3. The molecule has 0 spiro atoms. The molecule has 1 aromatic heterocycles. The zero-order chi connectivity index (χ0) is 23.4. The van der Waals surface area contributed by atoms with Crippen molar-refractivity contribution in [3.05, 3.63) is 65.9 Å². The number of aryl methyl sites for hydroxylation is 1. The van der Waals surface area contributed by atoms with Gasteiger partial charge in [-0.1, -0.05) is 0 Å². The van der Waals surface area contributed by atoms with Gasteiger partial charge in [0.2, 0.25) is 5.95 Å². The van der Waals surface area contributed by atoms with Crippen molar-refractivity contribution in [1.29, 1.82) is 5.26 Å². The number of rotatable bonds is 6. The Morgan fingerprint density at radius 1 is 1.12 bits per heavy atom. The van der Waals surface area contributed by atoms with Gasteiger partial charge in [-0.2, -0.15) is 10.2 Å². The van der Waals surface area contributed by atoms with E-state index >= 15 is 0 Å². The Hall–Kier alpha value is -3.48. The zero-order valence-electron chi connectivity index (χ0n) is 18.9. The second kappa shape index (κ2) is 9.98. The van der Waals surface area contributed by atoms with Crippen LogP contribution >= 0.6 is 0 Å². The molecule has 9 heteroatoms. The second-order valence-electron chi connectivity index (χ2n) is 7.86. The average Bonchev–Trinajstić information content (AvgIpc) is 2.83. The third-order valence-corrected chi connectivity index (χ3v) is 6.95. The smallest absolute Gasteiger partial charge is 0.227 e. The van der Waals surface area contributed by atoms with Crippen LogP contribution in [-0.2, 0) is 11.0 Å². The van der Waals surface area contributed by atoms with E-state index in [2.05, 4.69) is 28.2 Å². The van der Waals surface area contributed by atoms with Gasteiger partial charge in [-0.15, -0.1) is 0 Å². The SMILES string of the molecule is COc1ccc(S(=O)N2CCN(c3nc(C)cc(Nc4ccc(C#N)cc4)n3)C(C)C2)cc1. The summed E-state index contributed by atoms with van der Waals surface area (Å²) in [5.41, 5.74) is 2.32. The third-order valence-electron chi connectivity index (χ3n) is 5.47. The number of piperazine rings is 1. The van der Waals surface area contributed by atoms with E-state index in [4.69, 9.17) is 15.0 Å². The lowest BCUT2D eigenvalue weighted by Gasteiger charge is -2.39. The summed E-state index contributed by atoms with van der Waals surface area (Å²) in [7, 11) is 0.381. The van der Waals surface area contributed by atoms with Crippen molar-refractivity contribution >= 4 is 28.4 Å². The van der Waals surface area contributed by atoms with Gasteiger partial charge in [0.1, 0.15) is 22.6 Å². The van der Waals surface area contributed by atoms with Crippen molar-refractivity contribution in [3.63, 3.8) is 0 Å². The molecule has 1 aliphatic heterocycles. The molecule has 4 rings (SSSR count). The van der Waals surface area contributed by atoms with Crippen LogP contribution in [0.1, 0.15) is 18.2 Å². The molecule has 2 aromatic carbocycles. The van der Waals surface area contributed by atoms with Crippen LogP contribution in [0.5, 0.6) is 5.75 Å². The molecular weight excluding hydrogens is 436 g/mol. The van der Waals surface area contributed by atoms with Crippen molar-refractivity contribution in [2.24, 2.45) is 0 Å². The number of hydrogen-bond acceptors (Lipinski definition) is 7. The van der Waals surface area contributed by atoms with Crippen LogP contribution in [0.15, 0.2) is 59.5 Å². The first-order valence-corrected chi connectivity index (χ1v) is 11.8. The van der Waals surface area contributed by atoms with Crippen LogP contribution in [0, 0.1) is 18.3 Å². The molecule has 170 valence electrons. The first-order chi connectivity index (χ1) is 16.0. The van der Waals surface area contributed by atoms with Crippen LogP contribution in [0.4, 0.5) is 17.5 Å². The van der Waals surface area contributed by atoms with E-state index < -0.39 is 11.0 Å². The standard InChI is InChI=1S/C24H26N6O2S/c1-17-14-23(27-20-6-4-19(15-25)5-7-20)28-24(26-17)30-13-12-29(16-18(30)2)33(31)22-10-8-21(32-3)9-11-22/h4-11,14,18H,12-13,16H2,1-3H3,(H,26,27,28). The molecule has 2 atom stereocenters. The van der Waals surface area contributed by atoms with E-state index in [9.17, 15) is 4.21 Å². The quantitative estimate of drug-likeness (QED) is 0.598. The van der Waals surface area contributed by atoms with Gasteiger partial charge >= 0.3 is 0 Å². The minimum atomic E-state index is -1.24. The largest absolute Gasteiger partial charge is 0.497 e. The Balaban J connectivity index is 1.46. The summed E-state index contributed by atoms with van der Waals surface area (Å²) in [5.74, 6) is 2.09. The Labute approximate surface area is 196 Å². The fraction of sp³-hybridized carbons (Fsp3) is 0.292. The zero-order valence-corrected chi connectivity index (χ0v) is 19.7. The Morgan fingerprint density at radius 2 is 1.85 bits per heavy atom. The van der Waals surface area contributed by atoms with E-state index in [0.29, 0.717) is 37.0 Å². The van der Waals surface area contributed by atoms with Crippen molar-refractivity contribution in [2.45, 2.75) is 24.8 Å². The number of nitriles is 1. The number of hydrogen-bond donors (Lipinski definition) is 1. The van der Waals surface area contributed by atoms with Crippen molar-refractivity contribution in [1.82, 2.24) is 14.3 Å². The number of benzene rings is 2.